The number of carboxylic acids is 1. The summed E-state index contributed by atoms with van der Waals surface area (Å²) in [6.45, 7) is 5.02. The molecule has 33 heavy (non-hydrogen) atoms. The average molecular weight is 459 g/mol. The second kappa shape index (κ2) is 8.40. The zero-order chi connectivity index (χ0) is 23.4. The Morgan fingerprint density at radius 3 is 2.73 bits per heavy atom. The fraction of sp³-hybridized carbons (Fsp3) is 0.808. The van der Waals surface area contributed by atoms with Gasteiger partial charge in [-0.2, -0.15) is 0 Å². The summed E-state index contributed by atoms with van der Waals surface area (Å²) in [6.07, 6.45) is 11.9. The molecule has 1 amide bonds. The molecule has 7 heteroatoms. The zero-order valence-electron chi connectivity index (χ0n) is 20.0. The Morgan fingerprint density at radius 1 is 1.12 bits per heavy atom. The number of carboxylic acid groups (broad SMARTS) is 1. The van der Waals surface area contributed by atoms with E-state index >= 15 is 0 Å². The number of hydrogen-bond acceptors (Lipinski definition) is 5. The molecule has 7 atom stereocenters. The molecule has 1 saturated heterocycles. The van der Waals surface area contributed by atoms with E-state index in [9.17, 15) is 19.8 Å². The molecular weight excluding hydrogens is 420 g/mol. The van der Waals surface area contributed by atoms with E-state index in [0.29, 0.717) is 37.1 Å². The lowest BCUT2D eigenvalue weighted by atomic mass is 9.47. The Bertz CT molecular complexity index is 884. The minimum absolute atomic E-state index is 0.107. The first-order valence-corrected chi connectivity index (χ1v) is 12.8. The van der Waals surface area contributed by atoms with Gasteiger partial charge in [0.05, 0.1) is 11.8 Å². The number of allylic oxidation sites excluding steroid dienone is 2. The topological polar surface area (TPSA) is 99.4 Å². The number of carbonyl (C=O) groups is 2. The van der Waals surface area contributed by atoms with E-state index < -0.39 is 12.0 Å². The van der Waals surface area contributed by atoms with E-state index in [-0.39, 0.29) is 29.4 Å². The van der Waals surface area contributed by atoms with Crippen molar-refractivity contribution in [1.82, 2.24) is 4.90 Å². The standard InChI is InChI=1S/C26H38N2O5/c1-25-11-9-17(27-33-15-23(30)28-13-3-4-21(28)24(31)32)14-16(25)5-6-18-19-7-8-22(29)26(19,2)12-10-20(18)25/h14,18-22,29H,3-13,15H2,1-2H3,(H,31,32)/t18-,19-,20-,21-,22+,25+,26+/m1/s1. The molecule has 5 rings (SSSR count). The maximum absolute atomic E-state index is 12.4. The van der Waals surface area contributed by atoms with Crippen LogP contribution >= 0.6 is 0 Å². The molecule has 4 aliphatic carbocycles. The van der Waals surface area contributed by atoms with Gasteiger partial charge in [0.1, 0.15) is 6.04 Å². The number of carbonyl (C=O) groups excluding carboxylic acids is 1. The first-order chi connectivity index (χ1) is 15.7. The van der Waals surface area contributed by atoms with E-state index in [0.717, 1.165) is 37.8 Å². The van der Waals surface area contributed by atoms with Gasteiger partial charge >= 0.3 is 5.97 Å². The highest BCUT2D eigenvalue weighted by Gasteiger charge is 2.58. The summed E-state index contributed by atoms with van der Waals surface area (Å²) < 4.78 is 0. The van der Waals surface area contributed by atoms with Crippen LogP contribution < -0.4 is 0 Å². The number of fused-ring (bicyclic) bond motifs is 5. The van der Waals surface area contributed by atoms with Crippen molar-refractivity contribution in [2.45, 2.75) is 90.2 Å². The van der Waals surface area contributed by atoms with Crippen LogP contribution in [0.5, 0.6) is 0 Å². The quantitative estimate of drug-likeness (QED) is 0.625. The summed E-state index contributed by atoms with van der Waals surface area (Å²) in [5.41, 5.74) is 2.66. The first-order valence-electron chi connectivity index (χ1n) is 12.8. The van der Waals surface area contributed by atoms with Crippen molar-refractivity contribution in [2.75, 3.05) is 13.2 Å². The fourth-order valence-electron chi connectivity index (χ4n) is 8.19. The van der Waals surface area contributed by atoms with E-state index in [1.807, 2.05) is 0 Å². The van der Waals surface area contributed by atoms with Crippen LogP contribution in [0, 0.1) is 28.6 Å². The van der Waals surface area contributed by atoms with Gasteiger partial charge in [-0.05, 0) is 98.9 Å². The maximum atomic E-state index is 12.4. The second-order valence-electron chi connectivity index (χ2n) is 11.6. The molecule has 3 saturated carbocycles. The zero-order valence-corrected chi connectivity index (χ0v) is 20.0. The van der Waals surface area contributed by atoms with Crippen LogP contribution in [0.2, 0.25) is 0 Å². The summed E-state index contributed by atoms with van der Waals surface area (Å²) in [7, 11) is 0. The van der Waals surface area contributed by atoms with Gasteiger partial charge in [-0.1, -0.05) is 24.6 Å². The molecule has 0 unspecified atom stereocenters. The van der Waals surface area contributed by atoms with Crippen molar-refractivity contribution >= 4 is 17.6 Å². The Kier molecular flexibility index (Phi) is 5.82. The molecule has 1 aliphatic heterocycles. The van der Waals surface area contributed by atoms with Gasteiger partial charge in [-0.3, -0.25) is 4.79 Å². The summed E-state index contributed by atoms with van der Waals surface area (Å²) in [6, 6.07) is -0.736. The van der Waals surface area contributed by atoms with Gasteiger partial charge in [0, 0.05) is 6.54 Å². The summed E-state index contributed by atoms with van der Waals surface area (Å²) in [5.74, 6) is 0.775. The van der Waals surface area contributed by atoms with Crippen LogP contribution in [0.25, 0.3) is 0 Å². The van der Waals surface area contributed by atoms with Crippen LogP contribution in [-0.2, 0) is 14.4 Å². The van der Waals surface area contributed by atoms with Gasteiger partial charge in [0.2, 0.25) is 0 Å². The van der Waals surface area contributed by atoms with Gasteiger partial charge in [-0.15, -0.1) is 0 Å². The Balaban J connectivity index is 1.24. The van der Waals surface area contributed by atoms with Crippen molar-refractivity contribution in [3.05, 3.63) is 11.6 Å². The van der Waals surface area contributed by atoms with Crippen LogP contribution in [0.15, 0.2) is 16.8 Å². The molecule has 2 N–H and O–H groups in total. The molecule has 4 fully saturated rings. The van der Waals surface area contributed by atoms with E-state index in [4.69, 9.17) is 4.84 Å². The normalized spacial score (nSPS) is 43.5. The number of aliphatic hydroxyl groups is 1. The SMILES string of the molecule is C[C@]12CC[C@@H]3[C@H](CCC4=CC(=NOCC(=O)N5CCC[C@@H]5C(=O)O)CC[C@@]43C)[C@H]1CC[C@@H]2O. The first kappa shape index (κ1) is 22.9. The van der Waals surface area contributed by atoms with Crippen LogP contribution in [-0.4, -0.2) is 58.0 Å². The monoisotopic (exact) mass is 458 g/mol. The molecule has 182 valence electrons. The smallest absolute Gasteiger partial charge is 0.326 e. The maximum Gasteiger partial charge on any atom is 0.326 e. The van der Waals surface area contributed by atoms with Crippen LogP contribution in [0.1, 0.15) is 78.1 Å². The van der Waals surface area contributed by atoms with Crippen LogP contribution in [0.4, 0.5) is 0 Å². The number of likely N-dealkylation sites (tertiary alicyclic amines) is 1. The molecular formula is C26H38N2O5. The lowest BCUT2D eigenvalue weighted by molar-refractivity contribution is -0.150. The van der Waals surface area contributed by atoms with Crippen LogP contribution in [0.3, 0.4) is 0 Å². The number of nitrogens with zero attached hydrogens (tertiary/aromatic N) is 2. The number of rotatable bonds is 4. The predicted molar refractivity (Wildman–Crippen MR) is 123 cm³/mol. The van der Waals surface area contributed by atoms with Gasteiger partial charge in [0.15, 0.2) is 6.61 Å². The second-order valence-corrected chi connectivity index (χ2v) is 11.6. The molecule has 0 spiro atoms. The number of amides is 1. The van der Waals surface area contributed by atoms with Crippen molar-refractivity contribution in [3.8, 4) is 0 Å². The summed E-state index contributed by atoms with van der Waals surface area (Å²) in [4.78, 5) is 30.5. The molecule has 0 aromatic carbocycles. The van der Waals surface area contributed by atoms with Gasteiger partial charge < -0.3 is 20.0 Å². The van der Waals surface area contributed by atoms with Crippen molar-refractivity contribution in [3.63, 3.8) is 0 Å². The van der Waals surface area contributed by atoms with Crippen molar-refractivity contribution < 1.29 is 24.6 Å². The molecule has 1 heterocycles. The average Bonchev–Trinajstić information content (AvgIpc) is 3.39. The number of hydrogen-bond donors (Lipinski definition) is 2. The Hall–Kier alpha value is -1.89. The third kappa shape index (κ3) is 3.71. The minimum Gasteiger partial charge on any atom is -0.480 e. The lowest BCUT2D eigenvalue weighted by Crippen LogP contribution is -2.51. The highest BCUT2D eigenvalue weighted by Crippen LogP contribution is 2.65. The third-order valence-corrected chi connectivity index (χ3v) is 10.2. The van der Waals surface area contributed by atoms with Gasteiger partial charge in [-0.25, -0.2) is 4.79 Å². The van der Waals surface area contributed by atoms with Crippen molar-refractivity contribution in [2.24, 2.45) is 33.7 Å². The lowest BCUT2D eigenvalue weighted by Gasteiger charge is -2.57. The molecule has 0 aromatic heterocycles. The largest absolute Gasteiger partial charge is 0.480 e. The number of aliphatic hydroxyl groups excluding tert-OH is 1. The van der Waals surface area contributed by atoms with Gasteiger partial charge in [0.25, 0.3) is 5.91 Å². The van der Waals surface area contributed by atoms with E-state index in [1.165, 1.54) is 29.7 Å². The highest BCUT2D eigenvalue weighted by atomic mass is 16.6. The van der Waals surface area contributed by atoms with E-state index in [1.54, 1.807) is 0 Å². The molecule has 7 nitrogen and oxygen atoms in total. The molecule has 0 aromatic rings. The number of aliphatic carboxylic acids is 1. The minimum atomic E-state index is -0.950. The van der Waals surface area contributed by atoms with E-state index in [2.05, 4.69) is 25.1 Å². The molecule has 5 aliphatic rings. The molecule has 0 bridgehead atoms. The summed E-state index contributed by atoms with van der Waals surface area (Å²) >= 11 is 0. The third-order valence-electron chi connectivity index (χ3n) is 10.2. The Labute approximate surface area is 196 Å². The van der Waals surface area contributed by atoms with Crippen molar-refractivity contribution in [1.29, 1.82) is 0 Å². The summed E-state index contributed by atoms with van der Waals surface area (Å²) in [5, 5.41) is 24.2. The predicted octanol–water partition coefficient (Wildman–Crippen LogP) is 3.76. The number of oxime groups is 1. The Morgan fingerprint density at radius 2 is 1.94 bits per heavy atom. The highest BCUT2D eigenvalue weighted by molar-refractivity contribution is 5.96. The fourth-order valence-corrected chi connectivity index (χ4v) is 8.19. The molecule has 0 radical (unpaired) electrons.